The van der Waals surface area contributed by atoms with Crippen molar-refractivity contribution < 1.29 is 31.5 Å². The highest BCUT2D eigenvalue weighted by atomic mass is 32.2. The Balaban J connectivity index is 1.86. The molecule has 1 aromatic carbocycles. The zero-order chi connectivity index (χ0) is 29.4. The van der Waals surface area contributed by atoms with Crippen LogP contribution in [0.4, 0.5) is 25.0 Å². The number of nitrogens with one attached hydrogen (secondary N) is 2. The van der Waals surface area contributed by atoms with Gasteiger partial charge in [0.1, 0.15) is 5.69 Å². The van der Waals surface area contributed by atoms with Crippen LogP contribution in [0.1, 0.15) is 63.1 Å². The molecule has 0 bridgehead atoms. The molecule has 1 aromatic heterocycles. The van der Waals surface area contributed by atoms with E-state index in [9.17, 15) is 26.8 Å². The summed E-state index contributed by atoms with van der Waals surface area (Å²) in [5.74, 6) is 0.443. The van der Waals surface area contributed by atoms with Crippen LogP contribution in [0.25, 0.3) is 0 Å². The number of para-hydroxylation sites is 1. The quantitative estimate of drug-likeness (QED) is 0.377. The number of nitrogens with zero attached hydrogens (tertiary/aromatic N) is 2. The van der Waals surface area contributed by atoms with Crippen LogP contribution in [-0.2, 0) is 14.8 Å². The van der Waals surface area contributed by atoms with Gasteiger partial charge in [-0.15, -0.1) is 12.3 Å². The number of aromatic nitrogens is 1. The lowest BCUT2D eigenvalue weighted by Gasteiger charge is -2.38. The largest absolute Gasteiger partial charge is 0.415 e. The van der Waals surface area contributed by atoms with E-state index < -0.39 is 40.4 Å². The minimum Gasteiger partial charge on any atom is -0.415 e. The van der Waals surface area contributed by atoms with Crippen LogP contribution in [0.15, 0.2) is 36.4 Å². The summed E-state index contributed by atoms with van der Waals surface area (Å²) >= 11 is 0. The molecule has 0 radical (unpaired) electrons. The number of carbonyl (C=O) groups is 2. The molecule has 216 valence electrons. The number of hydrogen-bond donors (Lipinski definition) is 2. The number of aryl methyl sites for hydroxylation is 1. The highest BCUT2D eigenvalue weighted by Gasteiger charge is 2.35. The second-order valence-electron chi connectivity index (χ2n) is 9.94. The number of carbonyl (C=O) groups excluding carboxylic acids is 2. The van der Waals surface area contributed by atoms with Crippen molar-refractivity contribution in [3.63, 3.8) is 0 Å². The van der Waals surface area contributed by atoms with Crippen LogP contribution >= 0.6 is 0 Å². The number of anilines is 2. The number of urea groups is 1. The molecule has 0 atom stereocenters. The van der Waals surface area contributed by atoms with E-state index in [0.29, 0.717) is 37.1 Å². The third kappa shape index (κ3) is 8.14. The molecular weight excluding hydrogens is 542 g/mol. The van der Waals surface area contributed by atoms with Crippen molar-refractivity contribution in [3.8, 4) is 18.2 Å². The Morgan fingerprint density at radius 2 is 1.82 bits per heavy atom. The van der Waals surface area contributed by atoms with Crippen LogP contribution in [-0.4, -0.2) is 43.7 Å². The zero-order valence-corrected chi connectivity index (χ0v) is 23.5. The van der Waals surface area contributed by atoms with Gasteiger partial charge < -0.3 is 10.1 Å². The number of sulfonamides is 1. The molecule has 2 aromatic rings. The molecule has 1 heterocycles. The molecule has 1 fully saturated rings. The van der Waals surface area contributed by atoms with Gasteiger partial charge in [-0.1, -0.05) is 32.0 Å². The van der Waals surface area contributed by atoms with Crippen molar-refractivity contribution in [2.24, 2.45) is 5.92 Å². The number of rotatable bonds is 10. The number of terminal acetylenes is 1. The van der Waals surface area contributed by atoms with Gasteiger partial charge >= 0.3 is 12.6 Å². The minimum absolute atomic E-state index is 0.00471. The first-order valence-corrected chi connectivity index (χ1v) is 14.7. The molecule has 3 rings (SSSR count). The number of ether oxygens (including phenoxy) is 1. The zero-order valence-electron chi connectivity index (χ0n) is 22.7. The summed E-state index contributed by atoms with van der Waals surface area (Å²) in [6.45, 7) is 2.48. The fourth-order valence-electron chi connectivity index (χ4n) is 4.72. The topological polar surface area (TPSA) is 118 Å². The van der Waals surface area contributed by atoms with Gasteiger partial charge in [-0.25, -0.2) is 18.2 Å². The van der Waals surface area contributed by atoms with E-state index in [1.807, 2.05) is 32.0 Å². The predicted molar refractivity (Wildman–Crippen MR) is 149 cm³/mol. The Morgan fingerprint density at radius 1 is 1.15 bits per heavy atom. The molecule has 1 saturated carbocycles. The van der Waals surface area contributed by atoms with Gasteiger partial charge in [0, 0.05) is 29.8 Å². The van der Waals surface area contributed by atoms with Gasteiger partial charge in [-0.2, -0.15) is 8.78 Å². The standard InChI is InChI=1S/C28H34F2N4O5S/c1-5-6-17-40(37,38)33-25(35)20-12-14-21(15-13-20)34(24-10-8-7-9-22(24)18(2)3)28(36)32-23-16-11-19(4)31-26(23)39-27(29)30/h1,7-11,16,18,20-21,27H,6,12-15,17H2,2-4H3,(H,32,36)(H,33,35). The summed E-state index contributed by atoms with van der Waals surface area (Å²) < 4.78 is 57.0. The summed E-state index contributed by atoms with van der Waals surface area (Å²) in [5.41, 5.74) is 1.99. The molecule has 1 aliphatic rings. The minimum atomic E-state index is -3.83. The highest BCUT2D eigenvalue weighted by molar-refractivity contribution is 7.90. The number of amides is 3. The van der Waals surface area contributed by atoms with E-state index in [0.717, 1.165) is 5.56 Å². The summed E-state index contributed by atoms with van der Waals surface area (Å²) in [6.07, 6.45) is 6.64. The van der Waals surface area contributed by atoms with Crippen LogP contribution in [0.3, 0.4) is 0 Å². The Bertz CT molecular complexity index is 1350. The van der Waals surface area contributed by atoms with E-state index in [4.69, 9.17) is 6.42 Å². The van der Waals surface area contributed by atoms with Gasteiger partial charge in [0.25, 0.3) is 0 Å². The molecule has 12 heteroatoms. The van der Waals surface area contributed by atoms with E-state index in [1.165, 1.54) is 6.07 Å². The lowest BCUT2D eigenvalue weighted by atomic mass is 9.84. The Kier molecular flexibility index (Phi) is 10.5. The van der Waals surface area contributed by atoms with Crippen LogP contribution in [0.5, 0.6) is 5.88 Å². The molecule has 9 nitrogen and oxygen atoms in total. The van der Waals surface area contributed by atoms with Crippen molar-refractivity contribution in [1.82, 2.24) is 9.71 Å². The predicted octanol–water partition coefficient (Wildman–Crippen LogP) is 5.18. The Labute approximate surface area is 233 Å². The molecule has 0 aliphatic heterocycles. The molecule has 0 spiro atoms. The Hall–Kier alpha value is -3.72. The third-order valence-electron chi connectivity index (χ3n) is 6.68. The summed E-state index contributed by atoms with van der Waals surface area (Å²) in [5, 5.41) is 2.68. The molecule has 1 aliphatic carbocycles. The first-order valence-electron chi connectivity index (χ1n) is 13.0. The first-order chi connectivity index (χ1) is 18.9. The monoisotopic (exact) mass is 576 g/mol. The molecule has 40 heavy (non-hydrogen) atoms. The van der Waals surface area contributed by atoms with Gasteiger partial charge in [0.15, 0.2) is 0 Å². The van der Waals surface area contributed by atoms with Crippen molar-refractivity contribution in [2.45, 2.75) is 71.4 Å². The number of hydrogen-bond acceptors (Lipinski definition) is 6. The average Bonchev–Trinajstić information content (AvgIpc) is 2.89. The maximum atomic E-state index is 13.8. The van der Waals surface area contributed by atoms with Crippen molar-refractivity contribution >= 4 is 33.3 Å². The van der Waals surface area contributed by atoms with E-state index in [-0.39, 0.29) is 29.8 Å². The molecular formula is C28H34F2N4O5S. The normalized spacial score (nSPS) is 17.2. The fourth-order valence-corrected chi connectivity index (χ4v) is 5.68. The summed E-state index contributed by atoms with van der Waals surface area (Å²) in [4.78, 5) is 32.0. The van der Waals surface area contributed by atoms with Gasteiger partial charge in [0.05, 0.1) is 5.75 Å². The maximum absolute atomic E-state index is 13.8. The third-order valence-corrected chi connectivity index (χ3v) is 7.94. The summed E-state index contributed by atoms with van der Waals surface area (Å²) in [6, 6.07) is 9.51. The van der Waals surface area contributed by atoms with Crippen molar-refractivity contribution in [3.05, 3.63) is 47.7 Å². The van der Waals surface area contributed by atoms with Crippen LogP contribution < -0.4 is 19.7 Å². The second kappa shape index (κ2) is 13.6. The van der Waals surface area contributed by atoms with Crippen molar-refractivity contribution in [2.75, 3.05) is 16.0 Å². The second-order valence-corrected chi connectivity index (χ2v) is 11.8. The fraction of sp³-hybridized carbons (Fsp3) is 0.464. The van der Waals surface area contributed by atoms with Crippen LogP contribution in [0.2, 0.25) is 0 Å². The van der Waals surface area contributed by atoms with E-state index >= 15 is 0 Å². The van der Waals surface area contributed by atoms with Gasteiger partial charge in [-0.3, -0.25) is 14.4 Å². The number of alkyl halides is 2. The average molecular weight is 577 g/mol. The molecule has 0 saturated heterocycles. The lowest BCUT2D eigenvalue weighted by molar-refractivity contribution is -0.124. The number of halogens is 2. The first kappa shape index (κ1) is 30.8. The maximum Gasteiger partial charge on any atom is 0.388 e. The van der Waals surface area contributed by atoms with Crippen LogP contribution in [0, 0.1) is 25.2 Å². The van der Waals surface area contributed by atoms with Gasteiger partial charge in [-0.05, 0) is 62.3 Å². The molecule has 3 amide bonds. The van der Waals surface area contributed by atoms with Crippen molar-refractivity contribution in [1.29, 1.82) is 0 Å². The van der Waals surface area contributed by atoms with E-state index in [2.05, 4.69) is 25.7 Å². The smallest absolute Gasteiger partial charge is 0.388 e. The SMILES string of the molecule is C#CCCS(=O)(=O)NC(=O)C1CCC(N(C(=O)Nc2ccc(C)nc2OC(F)F)c2ccccc2C(C)C)CC1. The molecule has 0 unspecified atom stereocenters. The van der Waals surface area contributed by atoms with Gasteiger partial charge in [0.2, 0.25) is 21.8 Å². The number of benzene rings is 1. The Morgan fingerprint density at radius 3 is 2.45 bits per heavy atom. The number of pyridine rings is 1. The highest BCUT2D eigenvalue weighted by Crippen LogP contribution is 2.36. The van der Waals surface area contributed by atoms with E-state index in [1.54, 1.807) is 24.0 Å². The molecule has 2 N–H and O–H groups in total. The lowest BCUT2D eigenvalue weighted by Crippen LogP contribution is -2.47. The summed E-state index contributed by atoms with van der Waals surface area (Å²) in [7, 11) is -3.83.